The molecule has 0 aliphatic heterocycles. The first-order valence-electron chi connectivity index (χ1n) is 5.28. The molecule has 2 rings (SSSR count). The quantitative estimate of drug-likeness (QED) is 0.758. The molecule has 0 amide bonds. The highest BCUT2D eigenvalue weighted by Crippen LogP contribution is 2.43. The van der Waals surface area contributed by atoms with Gasteiger partial charge in [0.15, 0.2) is 0 Å². The first-order valence-corrected chi connectivity index (χ1v) is 6.89. The first kappa shape index (κ1) is 11.2. The zero-order chi connectivity index (χ0) is 11.1. The van der Waals surface area contributed by atoms with Crippen molar-refractivity contribution in [1.29, 1.82) is 5.26 Å². The van der Waals surface area contributed by atoms with Gasteiger partial charge < -0.3 is 0 Å². The van der Waals surface area contributed by atoms with E-state index >= 15 is 0 Å². The highest BCUT2D eigenvalue weighted by Gasteiger charge is 2.29. The lowest BCUT2D eigenvalue weighted by Gasteiger charge is -2.13. The maximum Gasteiger partial charge on any atom is 0.0870 e. The molecule has 0 bridgehead atoms. The summed E-state index contributed by atoms with van der Waals surface area (Å²) in [7, 11) is 0. The Labute approximate surface area is 103 Å². The van der Waals surface area contributed by atoms with Gasteiger partial charge in [-0.05, 0) is 61.0 Å². The molecule has 1 nitrogen and oxygen atoms in total. The van der Waals surface area contributed by atoms with Gasteiger partial charge in [-0.1, -0.05) is 0 Å². The van der Waals surface area contributed by atoms with Crippen molar-refractivity contribution in [3.8, 4) is 6.07 Å². The predicted octanol–water partition coefficient (Wildman–Crippen LogP) is 4.19. The Morgan fingerprint density at radius 2 is 2.00 bits per heavy atom. The molecule has 0 saturated heterocycles. The average molecular weight is 284 g/mol. The topological polar surface area (TPSA) is 23.8 Å². The predicted molar refractivity (Wildman–Crippen MR) is 67.3 cm³/mol. The van der Waals surface area contributed by atoms with Crippen molar-refractivity contribution >= 4 is 27.3 Å². The number of nitriles is 1. The molecule has 1 heterocycles. The van der Waals surface area contributed by atoms with Gasteiger partial charge in [0, 0.05) is 14.2 Å². The van der Waals surface area contributed by atoms with E-state index in [1.165, 1.54) is 45.5 Å². The van der Waals surface area contributed by atoms with Gasteiger partial charge in [0.25, 0.3) is 0 Å². The van der Waals surface area contributed by atoms with Crippen molar-refractivity contribution in [2.75, 3.05) is 0 Å². The molecule has 1 aromatic heterocycles. The van der Waals surface area contributed by atoms with Gasteiger partial charge in [-0.25, -0.2) is 0 Å². The highest BCUT2D eigenvalue weighted by atomic mass is 79.9. The summed E-state index contributed by atoms with van der Waals surface area (Å²) < 4.78 is 1.20. The summed E-state index contributed by atoms with van der Waals surface area (Å²) in [4.78, 5) is 2.70. The molecule has 0 atom stereocenters. The third-order valence-corrected chi connectivity index (χ3v) is 5.71. The average Bonchev–Trinajstić information content (AvgIpc) is 2.58. The SMILES string of the molecule is CC(C)(C#N)c1sc2c(c1Br)CCCC2. The number of hydrogen-bond acceptors (Lipinski definition) is 2. The summed E-state index contributed by atoms with van der Waals surface area (Å²) in [5.41, 5.74) is 1.10. The molecule has 0 radical (unpaired) electrons. The normalized spacial score (nSPS) is 15.9. The molecule has 15 heavy (non-hydrogen) atoms. The minimum Gasteiger partial charge on any atom is -0.197 e. The van der Waals surface area contributed by atoms with Gasteiger partial charge in [-0.3, -0.25) is 0 Å². The number of aryl methyl sites for hydroxylation is 1. The molecule has 0 N–H and O–H groups in total. The van der Waals surface area contributed by atoms with Crippen LogP contribution in [0.5, 0.6) is 0 Å². The fourth-order valence-corrected chi connectivity index (χ4v) is 4.62. The van der Waals surface area contributed by atoms with Gasteiger partial charge in [0.1, 0.15) is 0 Å². The smallest absolute Gasteiger partial charge is 0.0870 e. The van der Waals surface area contributed by atoms with E-state index in [1.807, 2.05) is 25.2 Å². The molecular weight excluding hydrogens is 270 g/mol. The molecule has 1 aromatic rings. The van der Waals surface area contributed by atoms with Crippen LogP contribution < -0.4 is 0 Å². The van der Waals surface area contributed by atoms with Gasteiger partial charge in [-0.15, -0.1) is 11.3 Å². The van der Waals surface area contributed by atoms with Crippen LogP contribution in [0.1, 0.15) is 42.0 Å². The van der Waals surface area contributed by atoms with Crippen molar-refractivity contribution in [2.24, 2.45) is 0 Å². The minimum absolute atomic E-state index is 0.360. The third kappa shape index (κ3) is 1.86. The van der Waals surface area contributed by atoms with Crippen LogP contribution >= 0.6 is 27.3 Å². The number of halogens is 1. The van der Waals surface area contributed by atoms with Crippen LogP contribution in [0.4, 0.5) is 0 Å². The minimum atomic E-state index is -0.360. The third-order valence-electron chi connectivity index (χ3n) is 2.95. The molecule has 1 aliphatic rings. The van der Waals surface area contributed by atoms with E-state index in [1.54, 1.807) is 0 Å². The van der Waals surface area contributed by atoms with E-state index < -0.39 is 0 Å². The Morgan fingerprint density at radius 1 is 1.33 bits per heavy atom. The summed E-state index contributed by atoms with van der Waals surface area (Å²) in [5, 5.41) is 9.17. The molecule has 0 unspecified atom stereocenters. The van der Waals surface area contributed by atoms with Crippen LogP contribution in [-0.4, -0.2) is 0 Å². The zero-order valence-electron chi connectivity index (χ0n) is 9.06. The van der Waals surface area contributed by atoms with Crippen molar-refractivity contribution < 1.29 is 0 Å². The van der Waals surface area contributed by atoms with Crippen LogP contribution in [0.15, 0.2) is 4.47 Å². The molecule has 0 fully saturated rings. The summed E-state index contributed by atoms with van der Waals surface area (Å²) in [6.07, 6.45) is 4.95. The lowest BCUT2D eigenvalue weighted by atomic mass is 9.91. The summed E-state index contributed by atoms with van der Waals surface area (Å²) in [6, 6.07) is 2.39. The van der Waals surface area contributed by atoms with Crippen LogP contribution in [-0.2, 0) is 18.3 Å². The number of thiophene rings is 1. The largest absolute Gasteiger partial charge is 0.197 e. The molecule has 0 aromatic carbocycles. The van der Waals surface area contributed by atoms with Gasteiger partial charge in [0.05, 0.1) is 11.5 Å². The van der Waals surface area contributed by atoms with E-state index in [4.69, 9.17) is 5.26 Å². The second-order valence-electron chi connectivity index (χ2n) is 4.59. The lowest BCUT2D eigenvalue weighted by molar-refractivity contribution is 0.685. The van der Waals surface area contributed by atoms with Crippen LogP contribution in [0.3, 0.4) is 0 Å². The molecule has 3 heteroatoms. The second kappa shape index (κ2) is 3.92. The zero-order valence-corrected chi connectivity index (χ0v) is 11.5. The van der Waals surface area contributed by atoms with Crippen molar-refractivity contribution in [1.82, 2.24) is 0 Å². The molecule has 0 saturated carbocycles. The Bertz CT molecular complexity index is 426. The maximum atomic E-state index is 9.17. The monoisotopic (exact) mass is 283 g/mol. The molecule has 1 aliphatic carbocycles. The molecular formula is C12H14BrNS. The van der Waals surface area contributed by atoms with E-state index in [0.29, 0.717) is 0 Å². The van der Waals surface area contributed by atoms with E-state index in [2.05, 4.69) is 22.0 Å². The Balaban J connectivity index is 2.52. The summed E-state index contributed by atoms with van der Waals surface area (Å²) in [6.45, 7) is 3.99. The fraction of sp³-hybridized carbons (Fsp3) is 0.583. The Morgan fingerprint density at radius 3 is 2.60 bits per heavy atom. The standard InChI is InChI=1S/C12H14BrNS/c1-12(2,7-14)11-10(13)8-5-3-4-6-9(8)15-11/h3-6H2,1-2H3. The van der Waals surface area contributed by atoms with E-state index in [0.717, 1.165) is 0 Å². The highest BCUT2D eigenvalue weighted by molar-refractivity contribution is 9.10. The van der Waals surface area contributed by atoms with Crippen molar-refractivity contribution in [2.45, 2.75) is 44.9 Å². The van der Waals surface area contributed by atoms with Crippen LogP contribution in [0.2, 0.25) is 0 Å². The van der Waals surface area contributed by atoms with E-state index in [9.17, 15) is 0 Å². The van der Waals surface area contributed by atoms with E-state index in [-0.39, 0.29) is 5.41 Å². The number of hydrogen-bond donors (Lipinski definition) is 0. The first-order chi connectivity index (χ1) is 7.06. The van der Waals surface area contributed by atoms with Gasteiger partial charge >= 0.3 is 0 Å². The number of fused-ring (bicyclic) bond motifs is 1. The van der Waals surface area contributed by atoms with Crippen LogP contribution in [0, 0.1) is 11.3 Å². The van der Waals surface area contributed by atoms with Gasteiger partial charge in [-0.2, -0.15) is 5.26 Å². The summed E-state index contributed by atoms with van der Waals surface area (Å²) >= 11 is 5.50. The maximum absolute atomic E-state index is 9.17. The van der Waals surface area contributed by atoms with Crippen molar-refractivity contribution in [3.63, 3.8) is 0 Å². The van der Waals surface area contributed by atoms with Gasteiger partial charge in [0.2, 0.25) is 0 Å². The molecule has 80 valence electrons. The summed E-state index contributed by atoms with van der Waals surface area (Å²) in [5.74, 6) is 0. The number of nitrogens with zero attached hydrogens (tertiary/aromatic N) is 1. The van der Waals surface area contributed by atoms with Crippen molar-refractivity contribution in [3.05, 3.63) is 19.8 Å². The molecule has 0 spiro atoms. The number of rotatable bonds is 1. The fourth-order valence-electron chi connectivity index (χ4n) is 1.98. The Kier molecular flexibility index (Phi) is 2.92. The van der Waals surface area contributed by atoms with Crippen LogP contribution in [0.25, 0.3) is 0 Å². The Hall–Kier alpha value is -0.330. The second-order valence-corrected chi connectivity index (χ2v) is 6.49. The lowest BCUT2D eigenvalue weighted by Crippen LogP contribution is -2.12.